The minimum Gasteiger partial charge on any atom is -0.345 e. The monoisotopic (exact) mass is 277 g/mol. The SMILES string of the molecule is CCOC(OCC)c1nc(-c2ncc(C)cc2C)no1. The molecule has 6 nitrogen and oxygen atoms in total. The molecule has 0 spiro atoms. The molecule has 0 aliphatic heterocycles. The van der Waals surface area contributed by atoms with Crippen molar-refractivity contribution in [3.63, 3.8) is 0 Å². The van der Waals surface area contributed by atoms with E-state index < -0.39 is 6.29 Å². The molecule has 0 atom stereocenters. The molecule has 0 N–H and O–H groups in total. The third kappa shape index (κ3) is 3.20. The highest BCUT2D eigenvalue weighted by Crippen LogP contribution is 2.22. The Morgan fingerprint density at radius 1 is 1.20 bits per heavy atom. The molecule has 2 aromatic rings. The Morgan fingerprint density at radius 3 is 2.50 bits per heavy atom. The Labute approximate surface area is 118 Å². The van der Waals surface area contributed by atoms with E-state index in [1.54, 1.807) is 6.20 Å². The van der Waals surface area contributed by atoms with Crippen LogP contribution in [0.4, 0.5) is 0 Å². The van der Waals surface area contributed by atoms with Crippen LogP contribution in [0.25, 0.3) is 11.5 Å². The van der Waals surface area contributed by atoms with Crippen molar-refractivity contribution in [3.8, 4) is 11.5 Å². The first-order valence-electron chi connectivity index (χ1n) is 6.66. The van der Waals surface area contributed by atoms with E-state index in [2.05, 4.69) is 15.1 Å². The number of nitrogens with zero attached hydrogens (tertiary/aromatic N) is 3. The van der Waals surface area contributed by atoms with Gasteiger partial charge >= 0.3 is 0 Å². The standard InChI is InChI=1S/C14H19N3O3/c1-5-18-14(19-6-2)13-16-12(17-20-13)11-10(4)7-9(3)8-15-11/h7-8,14H,5-6H2,1-4H3. The van der Waals surface area contributed by atoms with Crippen LogP contribution in [0.3, 0.4) is 0 Å². The predicted octanol–water partition coefficient (Wildman–Crippen LogP) is 2.82. The van der Waals surface area contributed by atoms with Gasteiger partial charge in [-0.05, 0) is 38.8 Å². The average molecular weight is 277 g/mol. The lowest BCUT2D eigenvalue weighted by Gasteiger charge is -2.11. The third-order valence-electron chi connectivity index (χ3n) is 2.71. The van der Waals surface area contributed by atoms with Crippen molar-refractivity contribution in [1.82, 2.24) is 15.1 Å². The highest BCUT2D eigenvalue weighted by molar-refractivity contribution is 5.53. The first-order chi connectivity index (χ1) is 9.65. The fourth-order valence-electron chi connectivity index (χ4n) is 1.87. The zero-order chi connectivity index (χ0) is 14.5. The molecule has 0 saturated heterocycles. The number of aryl methyl sites for hydroxylation is 2. The van der Waals surface area contributed by atoms with Crippen LogP contribution < -0.4 is 0 Å². The Bertz CT molecular complexity index is 563. The van der Waals surface area contributed by atoms with Gasteiger partial charge in [-0.1, -0.05) is 11.2 Å². The van der Waals surface area contributed by atoms with Crippen LogP contribution in [0.5, 0.6) is 0 Å². The van der Waals surface area contributed by atoms with E-state index in [-0.39, 0.29) is 0 Å². The van der Waals surface area contributed by atoms with Gasteiger partial charge in [-0.25, -0.2) is 0 Å². The minimum absolute atomic E-state index is 0.311. The number of ether oxygens (including phenoxy) is 2. The first kappa shape index (κ1) is 14.6. The summed E-state index contributed by atoms with van der Waals surface area (Å²) in [6.07, 6.45) is 1.15. The van der Waals surface area contributed by atoms with E-state index in [0.717, 1.165) is 11.1 Å². The minimum atomic E-state index is -0.628. The lowest BCUT2D eigenvalue weighted by molar-refractivity contribution is -0.155. The van der Waals surface area contributed by atoms with E-state index in [0.29, 0.717) is 30.6 Å². The van der Waals surface area contributed by atoms with E-state index >= 15 is 0 Å². The molecule has 0 amide bonds. The van der Waals surface area contributed by atoms with Crippen molar-refractivity contribution in [2.75, 3.05) is 13.2 Å². The van der Waals surface area contributed by atoms with Gasteiger partial charge < -0.3 is 14.0 Å². The zero-order valence-electron chi connectivity index (χ0n) is 12.2. The van der Waals surface area contributed by atoms with Gasteiger partial charge in [0.1, 0.15) is 5.69 Å². The van der Waals surface area contributed by atoms with Crippen molar-refractivity contribution in [1.29, 1.82) is 0 Å². The summed E-state index contributed by atoms with van der Waals surface area (Å²) < 4.78 is 16.1. The predicted molar refractivity (Wildman–Crippen MR) is 73.0 cm³/mol. The Morgan fingerprint density at radius 2 is 1.90 bits per heavy atom. The number of pyridine rings is 1. The molecule has 0 saturated carbocycles. The Balaban J connectivity index is 2.27. The van der Waals surface area contributed by atoms with Gasteiger partial charge in [0.15, 0.2) is 0 Å². The van der Waals surface area contributed by atoms with Crippen LogP contribution in [0, 0.1) is 13.8 Å². The first-order valence-corrected chi connectivity index (χ1v) is 6.66. The van der Waals surface area contributed by atoms with Crippen molar-refractivity contribution < 1.29 is 14.0 Å². The highest BCUT2D eigenvalue weighted by atomic mass is 16.7. The van der Waals surface area contributed by atoms with Crippen LogP contribution in [-0.2, 0) is 9.47 Å². The molecule has 2 aromatic heterocycles. The molecular formula is C14H19N3O3. The molecule has 0 unspecified atom stereocenters. The van der Waals surface area contributed by atoms with Crippen LogP contribution in [0.1, 0.15) is 37.2 Å². The molecule has 0 aliphatic carbocycles. The summed E-state index contributed by atoms with van der Waals surface area (Å²) in [4.78, 5) is 8.66. The number of hydrogen-bond donors (Lipinski definition) is 0. The lowest BCUT2D eigenvalue weighted by atomic mass is 10.1. The van der Waals surface area contributed by atoms with Crippen LogP contribution in [0.2, 0.25) is 0 Å². The van der Waals surface area contributed by atoms with Gasteiger partial charge in [0.2, 0.25) is 12.1 Å². The van der Waals surface area contributed by atoms with Gasteiger partial charge in [0.05, 0.1) is 0 Å². The number of rotatable bonds is 6. The molecule has 6 heteroatoms. The van der Waals surface area contributed by atoms with Gasteiger partial charge in [0, 0.05) is 19.4 Å². The maximum Gasteiger partial charge on any atom is 0.284 e. The molecular weight excluding hydrogens is 258 g/mol. The summed E-state index contributed by atoms with van der Waals surface area (Å²) in [5.41, 5.74) is 2.80. The van der Waals surface area contributed by atoms with E-state index in [4.69, 9.17) is 14.0 Å². The zero-order valence-corrected chi connectivity index (χ0v) is 12.2. The molecule has 0 bridgehead atoms. The second-order valence-corrected chi connectivity index (χ2v) is 4.38. The summed E-state index contributed by atoms with van der Waals surface area (Å²) in [5, 5.41) is 3.95. The Hall–Kier alpha value is -1.79. The summed E-state index contributed by atoms with van der Waals surface area (Å²) in [6, 6.07) is 2.03. The molecule has 0 aromatic carbocycles. The van der Waals surface area contributed by atoms with Crippen molar-refractivity contribution in [2.24, 2.45) is 0 Å². The second-order valence-electron chi connectivity index (χ2n) is 4.38. The molecule has 0 aliphatic rings. The van der Waals surface area contributed by atoms with Crippen molar-refractivity contribution in [3.05, 3.63) is 29.3 Å². The summed E-state index contributed by atoms with van der Waals surface area (Å²) in [7, 11) is 0. The van der Waals surface area contributed by atoms with Crippen LogP contribution in [0.15, 0.2) is 16.8 Å². The van der Waals surface area contributed by atoms with E-state index in [1.807, 2.05) is 33.8 Å². The molecule has 0 fully saturated rings. The average Bonchev–Trinajstić information content (AvgIpc) is 2.88. The highest BCUT2D eigenvalue weighted by Gasteiger charge is 2.21. The summed E-state index contributed by atoms with van der Waals surface area (Å²) in [6.45, 7) is 8.73. The fraction of sp³-hybridized carbons (Fsp3) is 0.500. The second kappa shape index (κ2) is 6.58. The molecule has 108 valence electrons. The molecule has 2 rings (SSSR count). The molecule has 0 radical (unpaired) electrons. The summed E-state index contributed by atoms with van der Waals surface area (Å²) >= 11 is 0. The van der Waals surface area contributed by atoms with E-state index in [1.165, 1.54) is 0 Å². The molecule has 20 heavy (non-hydrogen) atoms. The quantitative estimate of drug-likeness (QED) is 0.756. The summed E-state index contributed by atoms with van der Waals surface area (Å²) in [5.74, 6) is 0.757. The van der Waals surface area contributed by atoms with Gasteiger partial charge in [-0.3, -0.25) is 4.98 Å². The topological polar surface area (TPSA) is 70.3 Å². The largest absolute Gasteiger partial charge is 0.345 e. The normalized spacial score (nSPS) is 11.2. The van der Waals surface area contributed by atoms with Gasteiger partial charge in [-0.2, -0.15) is 4.98 Å². The van der Waals surface area contributed by atoms with Crippen molar-refractivity contribution >= 4 is 0 Å². The lowest BCUT2D eigenvalue weighted by Crippen LogP contribution is -2.09. The third-order valence-corrected chi connectivity index (χ3v) is 2.71. The van der Waals surface area contributed by atoms with Gasteiger partial charge in [0.25, 0.3) is 5.89 Å². The smallest absolute Gasteiger partial charge is 0.284 e. The maximum absolute atomic E-state index is 5.43. The van der Waals surface area contributed by atoms with Crippen LogP contribution >= 0.6 is 0 Å². The number of hydrogen-bond acceptors (Lipinski definition) is 6. The Kier molecular flexibility index (Phi) is 4.81. The fourth-order valence-corrected chi connectivity index (χ4v) is 1.87. The van der Waals surface area contributed by atoms with Gasteiger partial charge in [-0.15, -0.1) is 0 Å². The van der Waals surface area contributed by atoms with E-state index in [9.17, 15) is 0 Å². The maximum atomic E-state index is 5.43. The molecule has 2 heterocycles. The van der Waals surface area contributed by atoms with Crippen molar-refractivity contribution in [2.45, 2.75) is 34.0 Å². The van der Waals surface area contributed by atoms with Crippen LogP contribution in [-0.4, -0.2) is 28.3 Å². The number of aromatic nitrogens is 3.